The molecule has 3 N–H and O–H groups in total. The third-order valence-electron chi connectivity index (χ3n) is 4.61. The molecule has 0 aliphatic carbocycles. The Morgan fingerprint density at radius 1 is 0.935 bits per heavy atom. The highest BCUT2D eigenvalue weighted by Gasteiger charge is 2.09. The van der Waals surface area contributed by atoms with E-state index < -0.39 is 0 Å². The van der Waals surface area contributed by atoms with E-state index in [1.807, 2.05) is 54.6 Å². The lowest BCUT2D eigenvalue weighted by Crippen LogP contribution is -2.41. The Labute approximate surface area is 183 Å². The summed E-state index contributed by atoms with van der Waals surface area (Å²) in [5.74, 6) is 0.104. The molecule has 0 saturated heterocycles. The van der Waals surface area contributed by atoms with Gasteiger partial charge in [-0.05, 0) is 48.4 Å². The molecule has 31 heavy (non-hydrogen) atoms. The molecule has 4 rings (SSSR count). The van der Waals surface area contributed by atoms with Gasteiger partial charge in [0.15, 0.2) is 5.16 Å². The van der Waals surface area contributed by atoms with Crippen LogP contribution in [0.25, 0.3) is 11.0 Å². The average Bonchev–Trinajstić information content (AvgIpc) is 3.24. The Kier molecular flexibility index (Phi) is 6.59. The number of H-pyrrole nitrogens is 1. The largest absolute Gasteiger partial charge is 0.333 e. The zero-order valence-electron chi connectivity index (χ0n) is 16.7. The van der Waals surface area contributed by atoms with E-state index in [1.165, 1.54) is 0 Å². The summed E-state index contributed by atoms with van der Waals surface area (Å²) in [4.78, 5) is 36.2. The third-order valence-corrected chi connectivity index (χ3v) is 5.55. The number of imidazole rings is 1. The minimum Gasteiger partial charge on any atom is -0.333 e. The van der Waals surface area contributed by atoms with Crippen molar-refractivity contribution in [3.8, 4) is 0 Å². The first-order chi connectivity index (χ1) is 15.2. The molecule has 156 valence electrons. The molecule has 2 aromatic carbocycles. The van der Waals surface area contributed by atoms with Gasteiger partial charge in [0.1, 0.15) is 0 Å². The van der Waals surface area contributed by atoms with Crippen LogP contribution in [0.3, 0.4) is 0 Å². The number of hydrogen-bond donors (Lipinski definition) is 3. The zero-order chi connectivity index (χ0) is 21.5. The summed E-state index contributed by atoms with van der Waals surface area (Å²) in [5, 5.41) is 0.858. The highest BCUT2D eigenvalue weighted by atomic mass is 32.2. The lowest BCUT2D eigenvalue weighted by Gasteiger charge is -2.08. The Hall–Kier alpha value is -3.65. The van der Waals surface area contributed by atoms with Gasteiger partial charge in [-0.3, -0.25) is 25.4 Å². The van der Waals surface area contributed by atoms with Gasteiger partial charge in [-0.2, -0.15) is 0 Å². The highest BCUT2D eigenvalue weighted by molar-refractivity contribution is 7.98. The van der Waals surface area contributed by atoms with Crippen LogP contribution in [0.5, 0.6) is 0 Å². The first kappa shape index (κ1) is 20.6. The summed E-state index contributed by atoms with van der Waals surface area (Å²) in [7, 11) is 0. The van der Waals surface area contributed by atoms with Gasteiger partial charge in [-0.15, -0.1) is 0 Å². The van der Waals surface area contributed by atoms with E-state index >= 15 is 0 Å². The maximum atomic E-state index is 12.3. The lowest BCUT2D eigenvalue weighted by molar-refractivity contribution is -0.121. The first-order valence-electron chi connectivity index (χ1n) is 9.83. The van der Waals surface area contributed by atoms with E-state index in [2.05, 4.69) is 25.8 Å². The number of hydrazine groups is 1. The van der Waals surface area contributed by atoms with Crippen LogP contribution in [0.4, 0.5) is 0 Å². The molecule has 0 spiro atoms. The van der Waals surface area contributed by atoms with Crippen LogP contribution in [0, 0.1) is 0 Å². The zero-order valence-corrected chi connectivity index (χ0v) is 17.5. The smallest absolute Gasteiger partial charge is 0.269 e. The van der Waals surface area contributed by atoms with Crippen molar-refractivity contribution in [1.29, 1.82) is 0 Å². The average molecular weight is 432 g/mol. The summed E-state index contributed by atoms with van der Waals surface area (Å²) in [6.45, 7) is 0. The van der Waals surface area contributed by atoms with Gasteiger partial charge >= 0.3 is 0 Å². The number of nitrogens with one attached hydrogen (secondary N) is 3. The van der Waals surface area contributed by atoms with Crippen LogP contribution in [-0.4, -0.2) is 26.8 Å². The second kappa shape index (κ2) is 9.90. The van der Waals surface area contributed by atoms with Crippen LogP contribution < -0.4 is 10.9 Å². The van der Waals surface area contributed by atoms with E-state index in [-0.39, 0.29) is 18.2 Å². The second-order valence-electron chi connectivity index (χ2n) is 6.87. The molecule has 2 amide bonds. The lowest BCUT2D eigenvalue weighted by atomic mass is 10.1. The van der Waals surface area contributed by atoms with Crippen molar-refractivity contribution in [2.45, 2.75) is 23.8 Å². The van der Waals surface area contributed by atoms with Crippen molar-refractivity contribution in [2.75, 3.05) is 0 Å². The molecule has 8 heteroatoms. The molecule has 0 atom stereocenters. The number of aryl methyl sites for hydroxylation is 1. The van der Waals surface area contributed by atoms with Crippen LogP contribution in [0.2, 0.25) is 0 Å². The van der Waals surface area contributed by atoms with E-state index in [1.54, 1.807) is 30.1 Å². The summed E-state index contributed by atoms with van der Waals surface area (Å²) < 4.78 is 0. The van der Waals surface area contributed by atoms with Crippen LogP contribution in [0.1, 0.15) is 28.0 Å². The normalized spacial score (nSPS) is 10.7. The van der Waals surface area contributed by atoms with Gasteiger partial charge < -0.3 is 4.98 Å². The number of para-hydroxylation sites is 2. The molecule has 2 aromatic heterocycles. The van der Waals surface area contributed by atoms with Crippen LogP contribution in [-0.2, 0) is 17.0 Å². The van der Waals surface area contributed by atoms with Gasteiger partial charge in [0.2, 0.25) is 5.91 Å². The Bertz CT molecular complexity index is 1140. The molecule has 2 heterocycles. The van der Waals surface area contributed by atoms with Crippen molar-refractivity contribution in [3.63, 3.8) is 0 Å². The maximum absolute atomic E-state index is 12.3. The molecular formula is C23H21N5O2S. The number of aromatic nitrogens is 3. The summed E-state index contributed by atoms with van der Waals surface area (Å²) in [6, 6.07) is 20.7. The number of benzene rings is 2. The molecule has 0 fully saturated rings. The molecule has 0 radical (unpaired) electrons. The molecule has 0 saturated carbocycles. The maximum Gasteiger partial charge on any atom is 0.269 e. The predicted molar refractivity (Wildman–Crippen MR) is 120 cm³/mol. The first-order valence-corrected chi connectivity index (χ1v) is 10.8. The minimum atomic E-state index is -0.359. The van der Waals surface area contributed by atoms with E-state index in [4.69, 9.17) is 0 Å². The fraction of sp³-hybridized carbons (Fsp3) is 0.130. The highest BCUT2D eigenvalue weighted by Crippen LogP contribution is 2.23. The van der Waals surface area contributed by atoms with Gasteiger partial charge in [-0.1, -0.05) is 42.1 Å². The fourth-order valence-electron chi connectivity index (χ4n) is 2.95. The van der Waals surface area contributed by atoms with E-state index in [0.717, 1.165) is 33.2 Å². The predicted octanol–water partition coefficient (Wildman–Crippen LogP) is 3.64. The quantitative estimate of drug-likeness (QED) is 0.306. The van der Waals surface area contributed by atoms with Gasteiger partial charge in [0, 0.05) is 29.6 Å². The number of hydrogen-bond acceptors (Lipinski definition) is 5. The Morgan fingerprint density at radius 3 is 2.52 bits per heavy atom. The molecule has 0 aliphatic heterocycles. The van der Waals surface area contributed by atoms with Gasteiger partial charge in [0.05, 0.1) is 11.0 Å². The van der Waals surface area contributed by atoms with Crippen molar-refractivity contribution in [3.05, 3.63) is 89.7 Å². The van der Waals surface area contributed by atoms with Crippen LogP contribution >= 0.6 is 11.8 Å². The Balaban J connectivity index is 1.23. The summed E-state index contributed by atoms with van der Waals surface area (Å²) >= 11 is 1.60. The number of carbonyl (C=O) groups is 2. The molecule has 4 aromatic rings. The molecule has 7 nitrogen and oxygen atoms in total. The molecular weight excluding hydrogens is 410 g/mol. The van der Waals surface area contributed by atoms with Crippen molar-refractivity contribution >= 4 is 34.6 Å². The summed E-state index contributed by atoms with van der Waals surface area (Å²) in [5.41, 5.74) is 9.23. The van der Waals surface area contributed by atoms with E-state index in [0.29, 0.717) is 12.0 Å². The molecule has 0 unspecified atom stereocenters. The van der Waals surface area contributed by atoms with Crippen molar-refractivity contribution < 1.29 is 9.59 Å². The monoisotopic (exact) mass is 431 g/mol. The number of thioether (sulfide) groups is 1. The van der Waals surface area contributed by atoms with Gasteiger partial charge in [-0.25, -0.2) is 4.98 Å². The van der Waals surface area contributed by atoms with Crippen molar-refractivity contribution in [2.24, 2.45) is 0 Å². The third kappa shape index (κ3) is 5.70. The number of rotatable bonds is 7. The molecule has 0 bridgehead atoms. The SMILES string of the molecule is O=C(CCc1ccccn1)NNC(=O)c1ccc(CSc2nc3ccccc3[nH]2)cc1. The Morgan fingerprint density at radius 2 is 1.74 bits per heavy atom. The topological polar surface area (TPSA) is 99.8 Å². The number of nitrogens with zero attached hydrogens (tertiary/aromatic N) is 2. The van der Waals surface area contributed by atoms with Crippen LogP contribution in [0.15, 0.2) is 78.1 Å². The fourth-order valence-corrected chi connectivity index (χ4v) is 3.79. The number of amides is 2. The number of carbonyl (C=O) groups excluding carboxylic acids is 2. The molecule has 0 aliphatic rings. The van der Waals surface area contributed by atoms with Gasteiger partial charge in [0.25, 0.3) is 5.91 Å². The number of aromatic amines is 1. The number of fused-ring (bicyclic) bond motifs is 1. The number of pyridine rings is 1. The second-order valence-corrected chi connectivity index (χ2v) is 7.83. The van der Waals surface area contributed by atoms with E-state index in [9.17, 15) is 9.59 Å². The standard InChI is InChI=1S/C23H21N5O2S/c29-21(13-12-18-5-3-4-14-24-18)27-28-22(30)17-10-8-16(9-11-17)15-31-23-25-19-6-1-2-7-20(19)26-23/h1-11,14H,12-13,15H2,(H,25,26)(H,27,29)(H,28,30). The minimum absolute atomic E-state index is 0.245. The van der Waals surface area contributed by atoms with Crippen molar-refractivity contribution in [1.82, 2.24) is 25.8 Å². The summed E-state index contributed by atoms with van der Waals surface area (Å²) in [6.07, 6.45) is 2.45.